The summed E-state index contributed by atoms with van der Waals surface area (Å²) in [7, 11) is 0. The number of hydrogen-bond acceptors (Lipinski definition) is 5. The van der Waals surface area contributed by atoms with Gasteiger partial charge in [0.15, 0.2) is 0 Å². The number of hydrogen-bond donors (Lipinski definition) is 1. The number of esters is 1. The molecule has 7 nitrogen and oxygen atoms in total. The van der Waals surface area contributed by atoms with Crippen molar-refractivity contribution in [1.29, 1.82) is 0 Å². The van der Waals surface area contributed by atoms with E-state index in [1.807, 2.05) is 13.8 Å². The Morgan fingerprint density at radius 3 is 2.13 bits per heavy atom. The van der Waals surface area contributed by atoms with Crippen molar-refractivity contribution in [2.24, 2.45) is 73.9 Å². The van der Waals surface area contributed by atoms with Gasteiger partial charge in [-0.15, -0.1) is 0 Å². The Hall–Kier alpha value is -1.89. The fraction of sp³-hybridized carbons (Fsp3) is 0.894. The van der Waals surface area contributed by atoms with Crippen LogP contribution in [0.1, 0.15) is 152 Å². The molecule has 0 aromatic rings. The minimum Gasteiger partial charge on any atom is -0.481 e. The number of aliphatic carboxylic acids is 1. The molecular weight excluding hydrogens is 673 g/mol. The molecule has 1 N–H and O–H groups in total. The highest BCUT2D eigenvalue weighted by molar-refractivity contribution is 5.85. The van der Waals surface area contributed by atoms with Crippen LogP contribution >= 0.6 is 0 Å². The van der Waals surface area contributed by atoms with Crippen molar-refractivity contribution in [3.63, 3.8) is 0 Å². The smallest absolute Gasteiger partial charge is 0.309 e. The van der Waals surface area contributed by atoms with Crippen molar-refractivity contribution in [3.05, 3.63) is 12.2 Å². The fourth-order valence-electron chi connectivity index (χ4n) is 16.5. The van der Waals surface area contributed by atoms with Gasteiger partial charge in [-0.1, -0.05) is 60.6 Å². The molecule has 2 heterocycles. The van der Waals surface area contributed by atoms with Crippen LogP contribution in [0.4, 0.5) is 0 Å². The third-order valence-corrected chi connectivity index (χ3v) is 19.8. The van der Waals surface area contributed by atoms with E-state index in [0.29, 0.717) is 48.0 Å². The van der Waals surface area contributed by atoms with Crippen LogP contribution in [0.5, 0.6) is 0 Å². The molecule has 2 aliphatic heterocycles. The zero-order valence-electron chi connectivity index (χ0n) is 35.3. The van der Waals surface area contributed by atoms with Gasteiger partial charge in [0.1, 0.15) is 6.10 Å². The average Bonchev–Trinajstić information content (AvgIpc) is 3.87. The second kappa shape index (κ2) is 13.1. The van der Waals surface area contributed by atoms with Crippen molar-refractivity contribution in [1.82, 2.24) is 9.80 Å². The summed E-state index contributed by atoms with van der Waals surface area (Å²) in [6, 6.07) is 0.380. The van der Waals surface area contributed by atoms with Crippen LogP contribution in [0.25, 0.3) is 0 Å². The SMILES string of the molecule is C=C(C)[C@@H]1CC[C@]2(C(=O)N3CCC[C@H]3CN3CCCC3)CC[C@]3(C)[C@H](CC[C@@H]4[C@@]5(C)CC[C@H](OC(=O)[C@@H]6C[C@H](C(=O)O)C6(C)C)C(C)(C)[C@@H]5CC[C@]43C)[C@@H]12. The molecule has 1 amide bonds. The average molecular weight is 747 g/mol. The van der Waals surface area contributed by atoms with Gasteiger partial charge in [-0.05, 0) is 168 Å². The highest BCUT2D eigenvalue weighted by Crippen LogP contribution is 2.78. The molecule has 8 fully saturated rings. The van der Waals surface area contributed by atoms with E-state index in [-0.39, 0.29) is 45.1 Å². The van der Waals surface area contributed by atoms with E-state index in [4.69, 9.17) is 4.74 Å². The molecule has 0 radical (unpaired) electrons. The topological polar surface area (TPSA) is 87.2 Å². The first-order valence-corrected chi connectivity index (χ1v) is 22.4. The van der Waals surface area contributed by atoms with E-state index >= 15 is 4.79 Å². The van der Waals surface area contributed by atoms with E-state index in [9.17, 15) is 14.7 Å². The number of allylic oxidation sites excluding steroid dienone is 1. The van der Waals surface area contributed by atoms with Crippen molar-refractivity contribution < 1.29 is 24.2 Å². The predicted molar refractivity (Wildman–Crippen MR) is 212 cm³/mol. The zero-order valence-corrected chi connectivity index (χ0v) is 35.3. The standard InChI is InChI=1S/C47H74N2O5/c1-29(2)31-16-21-47(41(53)49-26-12-13-30(49)28-48-24-10-11-25-48)23-22-45(8)32(38(31)47)14-15-36-44(7)19-18-37(43(5,6)35(44)17-20-46(36,45)9)54-40(52)34-27-33(39(50)51)42(34,3)4/h30-38H,1,10-28H2,2-9H3,(H,50,51)/t30-,31-,32+,33+,34-,35-,36+,37-,38+,44-,45+,46+,47-/m0/s1. The van der Waals surface area contributed by atoms with Gasteiger partial charge in [-0.2, -0.15) is 0 Å². The van der Waals surface area contributed by atoms with E-state index < -0.39 is 17.3 Å². The third kappa shape index (κ3) is 5.36. The summed E-state index contributed by atoms with van der Waals surface area (Å²) in [6.07, 6.45) is 16.2. The maximum Gasteiger partial charge on any atom is 0.309 e. The lowest BCUT2D eigenvalue weighted by Crippen LogP contribution is -2.67. The predicted octanol–water partition coefficient (Wildman–Crippen LogP) is 9.39. The molecular formula is C47H74N2O5. The summed E-state index contributed by atoms with van der Waals surface area (Å²) >= 11 is 0. The van der Waals surface area contributed by atoms with Gasteiger partial charge in [0, 0.05) is 24.5 Å². The molecule has 0 spiro atoms. The number of likely N-dealkylation sites (tertiary alicyclic amines) is 2. The monoisotopic (exact) mass is 747 g/mol. The number of amides is 1. The van der Waals surface area contributed by atoms with Crippen LogP contribution in [0.3, 0.4) is 0 Å². The van der Waals surface area contributed by atoms with Gasteiger partial charge in [-0.25, -0.2) is 0 Å². The zero-order chi connectivity index (χ0) is 38.8. The van der Waals surface area contributed by atoms with Gasteiger partial charge in [0.05, 0.1) is 17.3 Å². The van der Waals surface area contributed by atoms with Crippen molar-refractivity contribution in [2.45, 2.75) is 164 Å². The Labute approximate surface area is 327 Å². The highest BCUT2D eigenvalue weighted by atomic mass is 16.5. The van der Waals surface area contributed by atoms with Crippen LogP contribution in [0, 0.1) is 73.9 Å². The van der Waals surface area contributed by atoms with Crippen LogP contribution in [-0.2, 0) is 19.1 Å². The number of carbonyl (C=O) groups is 3. The molecule has 13 atom stereocenters. The van der Waals surface area contributed by atoms with E-state index in [0.717, 1.165) is 70.9 Å². The van der Waals surface area contributed by atoms with Gasteiger partial charge in [0.2, 0.25) is 5.91 Å². The summed E-state index contributed by atoms with van der Waals surface area (Å²) in [5, 5.41) is 9.68. The fourth-order valence-corrected chi connectivity index (χ4v) is 16.5. The molecule has 8 rings (SSSR count). The molecule has 302 valence electrons. The maximum atomic E-state index is 15.3. The largest absolute Gasteiger partial charge is 0.481 e. The molecule has 6 saturated carbocycles. The second-order valence-corrected chi connectivity index (χ2v) is 22.4. The molecule has 0 aromatic heterocycles. The molecule has 7 heteroatoms. The Balaban J connectivity index is 1.04. The molecule has 2 saturated heterocycles. The number of rotatable bonds is 7. The first kappa shape index (κ1) is 39.0. The molecule has 8 aliphatic rings. The quantitative estimate of drug-likeness (QED) is 0.207. The highest BCUT2D eigenvalue weighted by Gasteiger charge is 2.72. The molecule has 6 aliphatic carbocycles. The van der Waals surface area contributed by atoms with E-state index in [1.165, 1.54) is 50.8 Å². The van der Waals surface area contributed by atoms with Crippen molar-refractivity contribution in [3.8, 4) is 0 Å². The van der Waals surface area contributed by atoms with E-state index in [1.54, 1.807) is 0 Å². The van der Waals surface area contributed by atoms with Gasteiger partial charge >= 0.3 is 11.9 Å². The maximum absolute atomic E-state index is 15.3. The summed E-state index contributed by atoms with van der Waals surface area (Å²) < 4.78 is 6.46. The van der Waals surface area contributed by atoms with Crippen LogP contribution in [0.2, 0.25) is 0 Å². The van der Waals surface area contributed by atoms with Crippen LogP contribution < -0.4 is 0 Å². The normalized spacial score (nSPS) is 47.8. The Morgan fingerprint density at radius 2 is 1.46 bits per heavy atom. The van der Waals surface area contributed by atoms with Crippen LogP contribution in [-0.4, -0.2) is 71.1 Å². The third-order valence-electron chi connectivity index (χ3n) is 19.8. The molecule has 0 bridgehead atoms. The number of nitrogens with zero attached hydrogens (tertiary/aromatic N) is 2. The van der Waals surface area contributed by atoms with Crippen molar-refractivity contribution >= 4 is 17.8 Å². The van der Waals surface area contributed by atoms with Gasteiger partial charge < -0.3 is 19.6 Å². The minimum atomic E-state index is -0.807. The van der Waals surface area contributed by atoms with Crippen molar-refractivity contribution in [2.75, 3.05) is 26.2 Å². The van der Waals surface area contributed by atoms with Crippen LogP contribution in [0.15, 0.2) is 12.2 Å². The first-order valence-electron chi connectivity index (χ1n) is 22.4. The Morgan fingerprint density at radius 1 is 0.741 bits per heavy atom. The minimum absolute atomic E-state index is 0.143. The molecule has 54 heavy (non-hydrogen) atoms. The number of carboxylic acids is 1. The van der Waals surface area contributed by atoms with E-state index in [2.05, 4.69) is 57.9 Å². The number of ether oxygens (including phenoxy) is 1. The number of carboxylic acid groups (broad SMARTS) is 1. The summed E-state index contributed by atoms with van der Waals surface area (Å²) in [5.41, 5.74) is 0.833. The van der Waals surface area contributed by atoms with Gasteiger partial charge in [-0.3, -0.25) is 14.4 Å². The summed E-state index contributed by atoms with van der Waals surface area (Å²) in [4.78, 5) is 45.7. The summed E-state index contributed by atoms with van der Waals surface area (Å²) in [5.74, 6) is 1.09. The number of fused-ring (bicyclic) bond motifs is 7. The molecule has 0 unspecified atom stereocenters. The molecule has 0 aromatic carbocycles. The second-order valence-electron chi connectivity index (χ2n) is 22.4. The lowest BCUT2D eigenvalue weighted by Gasteiger charge is -2.73. The summed E-state index contributed by atoms with van der Waals surface area (Å²) in [6.45, 7) is 27.8. The number of carbonyl (C=O) groups excluding carboxylic acids is 2. The Bertz CT molecular complexity index is 1550. The lowest BCUT2D eigenvalue weighted by atomic mass is 9.32. The van der Waals surface area contributed by atoms with Gasteiger partial charge in [0.25, 0.3) is 0 Å². The first-order chi connectivity index (χ1) is 25.3. The Kier molecular flexibility index (Phi) is 9.43. The lowest BCUT2D eigenvalue weighted by molar-refractivity contribution is -0.251.